The molecule has 3 nitrogen and oxygen atoms in total. The van der Waals surface area contributed by atoms with Gasteiger partial charge in [-0.25, -0.2) is 4.79 Å². The number of thiophene rings is 1. The highest BCUT2D eigenvalue weighted by Crippen LogP contribution is 2.16. The highest BCUT2D eigenvalue weighted by atomic mass is 32.1. The molecule has 21 heavy (non-hydrogen) atoms. The molecule has 2 amide bonds. The summed E-state index contributed by atoms with van der Waals surface area (Å²) in [7, 11) is 0. The van der Waals surface area contributed by atoms with E-state index in [1.54, 1.807) is 11.3 Å². The van der Waals surface area contributed by atoms with Gasteiger partial charge in [0.1, 0.15) is 0 Å². The van der Waals surface area contributed by atoms with Crippen LogP contribution >= 0.6 is 11.3 Å². The molecule has 1 heterocycles. The van der Waals surface area contributed by atoms with Gasteiger partial charge >= 0.3 is 6.03 Å². The van der Waals surface area contributed by atoms with Crippen LogP contribution in [-0.2, 0) is 6.54 Å². The van der Waals surface area contributed by atoms with Crippen LogP contribution in [0.4, 0.5) is 10.5 Å². The zero-order valence-electron chi connectivity index (χ0n) is 12.8. The van der Waals surface area contributed by atoms with Crippen LogP contribution in [0.15, 0.2) is 35.0 Å². The van der Waals surface area contributed by atoms with E-state index in [4.69, 9.17) is 0 Å². The summed E-state index contributed by atoms with van der Waals surface area (Å²) in [6.45, 7) is 7.63. The van der Waals surface area contributed by atoms with Gasteiger partial charge in [-0.05, 0) is 65.9 Å². The van der Waals surface area contributed by atoms with E-state index in [2.05, 4.69) is 37.5 Å². The number of nitrogens with one attached hydrogen (secondary N) is 1. The van der Waals surface area contributed by atoms with Gasteiger partial charge in [0.05, 0.1) is 0 Å². The first-order valence-electron chi connectivity index (χ1n) is 7.24. The lowest BCUT2D eigenvalue weighted by Crippen LogP contribution is -2.35. The maximum atomic E-state index is 12.4. The molecular formula is C17H22N2OS. The van der Waals surface area contributed by atoms with Gasteiger partial charge in [0.15, 0.2) is 0 Å². The van der Waals surface area contributed by atoms with E-state index in [0.717, 1.165) is 18.7 Å². The molecule has 0 unspecified atom stereocenters. The minimum absolute atomic E-state index is 0.0358. The minimum atomic E-state index is -0.0358. The summed E-state index contributed by atoms with van der Waals surface area (Å²) < 4.78 is 0. The van der Waals surface area contributed by atoms with E-state index in [9.17, 15) is 4.79 Å². The minimum Gasteiger partial charge on any atom is -0.320 e. The zero-order valence-corrected chi connectivity index (χ0v) is 13.7. The molecule has 2 rings (SSSR count). The van der Waals surface area contributed by atoms with Crippen LogP contribution in [0.2, 0.25) is 0 Å². The Kier molecular flexibility index (Phi) is 5.39. The van der Waals surface area contributed by atoms with E-state index in [0.29, 0.717) is 6.54 Å². The molecule has 0 aliphatic carbocycles. The number of carbonyl (C=O) groups is 1. The first-order valence-corrected chi connectivity index (χ1v) is 8.18. The normalized spacial score (nSPS) is 10.4. The van der Waals surface area contributed by atoms with Crippen LogP contribution in [0.3, 0.4) is 0 Å². The van der Waals surface area contributed by atoms with Crippen LogP contribution in [0.1, 0.15) is 30.0 Å². The summed E-state index contributed by atoms with van der Waals surface area (Å²) >= 11 is 1.66. The highest BCUT2D eigenvalue weighted by molar-refractivity contribution is 7.07. The molecule has 0 aliphatic heterocycles. The number of amides is 2. The Balaban J connectivity index is 2.05. The fourth-order valence-corrected chi connectivity index (χ4v) is 2.81. The molecule has 112 valence electrons. The summed E-state index contributed by atoms with van der Waals surface area (Å²) in [4.78, 5) is 14.3. The largest absolute Gasteiger partial charge is 0.322 e. The lowest BCUT2D eigenvalue weighted by molar-refractivity contribution is 0.209. The van der Waals surface area contributed by atoms with Crippen molar-refractivity contribution in [3.8, 4) is 0 Å². The smallest absolute Gasteiger partial charge is 0.320 e. The van der Waals surface area contributed by atoms with Gasteiger partial charge in [0, 0.05) is 18.8 Å². The Hall–Kier alpha value is -1.81. The fraction of sp³-hybridized carbons (Fsp3) is 0.353. The third kappa shape index (κ3) is 4.33. The second kappa shape index (κ2) is 7.27. The maximum Gasteiger partial charge on any atom is 0.322 e. The van der Waals surface area contributed by atoms with Gasteiger partial charge in [-0.2, -0.15) is 11.3 Å². The first kappa shape index (κ1) is 15.6. The summed E-state index contributed by atoms with van der Waals surface area (Å²) in [6.07, 6.45) is 0.949. The monoisotopic (exact) mass is 302 g/mol. The van der Waals surface area contributed by atoms with E-state index in [1.807, 2.05) is 28.5 Å². The molecule has 1 aromatic carbocycles. The SMILES string of the molecule is CCCN(Cc1ccsc1)C(=O)Nc1ccc(C)c(C)c1. The Morgan fingerprint density at radius 1 is 1.24 bits per heavy atom. The van der Waals surface area contributed by atoms with Crippen LogP contribution < -0.4 is 5.32 Å². The summed E-state index contributed by atoms with van der Waals surface area (Å²) in [5, 5.41) is 7.13. The number of rotatable bonds is 5. The van der Waals surface area contributed by atoms with Crippen molar-refractivity contribution in [3.63, 3.8) is 0 Å². The maximum absolute atomic E-state index is 12.4. The van der Waals surface area contributed by atoms with Crippen LogP contribution in [0.5, 0.6) is 0 Å². The summed E-state index contributed by atoms with van der Waals surface area (Å²) in [6, 6.07) is 8.04. The molecular weight excluding hydrogens is 280 g/mol. The van der Waals surface area contributed by atoms with Crippen molar-refractivity contribution >= 4 is 23.1 Å². The van der Waals surface area contributed by atoms with Gasteiger partial charge in [0.2, 0.25) is 0 Å². The number of nitrogens with zero attached hydrogens (tertiary/aromatic N) is 1. The molecule has 2 aromatic rings. The van der Waals surface area contributed by atoms with Gasteiger partial charge in [0.25, 0.3) is 0 Å². The average Bonchev–Trinajstić information content (AvgIpc) is 2.95. The Morgan fingerprint density at radius 2 is 2.05 bits per heavy atom. The van der Waals surface area contributed by atoms with Gasteiger partial charge in [-0.15, -0.1) is 0 Å². The molecule has 0 saturated heterocycles. The zero-order chi connectivity index (χ0) is 15.2. The van der Waals surface area contributed by atoms with Crippen LogP contribution in [-0.4, -0.2) is 17.5 Å². The molecule has 0 bridgehead atoms. The van der Waals surface area contributed by atoms with Gasteiger partial charge in [-0.3, -0.25) is 0 Å². The molecule has 0 fully saturated rings. The Labute approximate surface area is 130 Å². The fourth-order valence-electron chi connectivity index (χ4n) is 2.15. The number of urea groups is 1. The quantitative estimate of drug-likeness (QED) is 0.844. The lowest BCUT2D eigenvalue weighted by atomic mass is 10.1. The predicted octanol–water partition coefficient (Wildman–Crippen LogP) is 4.81. The molecule has 0 spiro atoms. The van der Waals surface area contributed by atoms with Crippen molar-refractivity contribution in [3.05, 3.63) is 51.7 Å². The third-order valence-corrected chi connectivity index (χ3v) is 4.22. The van der Waals surface area contributed by atoms with E-state index in [1.165, 1.54) is 16.7 Å². The van der Waals surface area contributed by atoms with E-state index < -0.39 is 0 Å². The van der Waals surface area contributed by atoms with E-state index >= 15 is 0 Å². The average molecular weight is 302 g/mol. The first-order chi connectivity index (χ1) is 10.1. The number of carbonyl (C=O) groups excluding carboxylic acids is 1. The Bertz CT molecular complexity index is 593. The van der Waals surface area contributed by atoms with Crippen LogP contribution in [0, 0.1) is 13.8 Å². The highest BCUT2D eigenvalue weighted by Gasteiger charge is 2.13. The molecule has 1 aromatic heterocycles. The van der Waals surface area contributed by atoms with Crippen molar-refractivity contribution in [1.82, 2.24) is 4.90 Å². The number of anilines is 1. The lowest BCUT2D eigenvalue weighted by Gasteiger charge is -2.22. The molecule has 1 N–H and O–H groups in total. The topological polar surface area (TPSA) is 32.3 Å². The van der Waals surface area contributed by atoms with E-state index in [-0.39, 0.29) is 6.03 Å². The molecule has 4 heteroatoms. The third-order valence-electron chi connectivity index (χ3n) is 3.49. The number of hydrogen-bond acceptors (Lipinski definition) is 2. The van der Waals surface area contributed by atoms with Gasteiger partial charge < -0.3 is 10.2 Å². The summed E-state index contributed by atoms with van der Waals surface area (Å²) in [5.74, 6) is 0. The van der Waals surface area contributed by atoms with Crippen molar-refractivity contribution in [2.75, 3.05) is 11.9 Å². The molecule has 0 radical (unpaired) electrons. The second-order valence-corrected chi connectivity index (χ2v) is 6.06. The van der Waals surface area contributed by atoms with Gasteiger partial charge in [-0.1, -0.05) is 13.0 Å². The number of hydrogen-bond donors (Lipinski definition) is 1. The molecule has 0 aliphatic rings. The second-order valence-electron chi connectivity index (χ2n) is 5.28. The van der Waals surface area contributed by atoms with Crippen LogP contribution in [0.25, 0.3) is 0 Å². The number of benzene rings is 1. The molecule has 0 atom stereocenters. The molecule has 0 saturated carbocycles. The summed E-state index contributed by atoms with van der Waals surface area (Å²) in [5.41, 5.74) is 4.46. The van der Waals surface area contributed by atoms with Crippen molar-refractivity contribution in [1.29, 1.82) is 0 Å². The Morgan fingerprint density at radius 3 is 2.67 bits per heavy atom. The standard InChI is InChI=1S/C17H22N2OS/c1-4-8-19(11-15-7-9-21-12-15)17(20)18-16-6-5-13(2)14(3)10-16/h5-7,9-10,12H,4,8,11H2,1-3H3,(H,18,20). The number of aryl methyl sites for hydroxylation is 2. The van der Waals surface area contributed by atoms with Crippen molar-refractivity contribution < 1.29 is 4.79 Å². The predicted molar refractivity (Wildman–Crippen MR) is 90.0 cm³/mol. The van der Waals surface area contributed by atoms with Crippen molar-refractivity contribution in [2.45, 2.75) is 33.7 Å². The van der Waals surface area contributed by atoms with Crippen molar-refractivity contribution in [2.24, 2.45) is 0 Å².